The van der Waals surface area contributed by atoms with E-state index in [9.17, 15) is 4.79 Å². The summed E-state index contributed by atoms with van der Waals surface area (Å²) in [5.74, 6) is 1.09. The zero-order valence-electron chi connectivity index (χ0n) is 13.6. The Balaban J connectivity index is 1.90. The van der Waals surface area contributed by atoms with Gasteiger partial charge in [-0.25, -0.2) is 0 Å². The maximum Gasteiger partial charge on any atom is 0.238 e. The highest BCUT2D eigenvalue weighted by atomic mass is 16.5. The SMILES string of the molecule is COc1ccc(NC(=O)CNC(C)c2ccccc2)cc1OC. The number of benzene rings is 2. The highest BCUT2D eigenvalue weighted by molar-refractivity contribution is 5.92. The van der Waals surface area contributed by atoms with E-state index in [0.29, 0.717) is 17.2 Å². The van der Waals surface area contributed by atoms with Crippen molar-refractivity contribution in [2.75, 3.05) is 26.1 Å². The van der Waals surface area contributed by atoms with Crippen molar-refractivity contribution in [1.82, 2.24) is 5.32 Å². The lowest BCUT2D eigenvalue weighted by Crippen LogP contribution is -2.30. The molecule has 0 aliphatic rings. The van der Waals surface area contributed by atoms with Gasteiger partial charge in [-0.3, -0.25) is 4.79 Å². The Labute approximate surface area is 136 Å². The van der Waals surface area contributed by atoms with Crippen LogP contribution in [0.15, 0.2) is 48.5 Å². The minimum Gasteiger partial charge on any atom is -0.493 e. The molecule has 2 rings (SSSR count). The van der Waals surface area contributed by atoms with Gasteiger partial charge in [0, 0.05) is 17.8 Å². The smallest absolute Gasteiger partial charge is 0.238 e. The van der Waals surface area contributed by atoms with Gasteiger partial charge in [-0.1, -0.05) is 30.3 Å². The van der Waals surface area contributed by atoms with Crippen LogP contribution >= 0.6 is 0 Å². The number of carbonyl (C=O) groups excluding carboxylic acids is 1. The van der Waals surface area contributed by atoms with Crippen LogP contribution in [0.2, 0.25) is 0 Å². The molecule has 0 radical (unpaired) electrons. The third-order valence-electron chi connectivity index (χ3n) is 3.54. The van der Waals surface area contributed by atoms with E-state index in [-0.39, 0.29) is 18.5 Å². The van der Waals surface area contributed by atoms with Crippen molar-refractivity contribution in [3.8, 4) is 11.5 Å². The topological polar surface area (TPSA) is 59.6 Å². The van der Waals surface area contributed by atoms with Crippen molar-refractivity contribution >= 4 is 11.6 Å². The second-order valence-electron chi connectivity index (χ2n) is 5.13. The van der Waals surface area contributed by atoms with Crippen LogP contribution in [0.4, 0.5) is 5.69 Å². The van der Waals surface area contributed by atoms with E-state index in [2.05, 4.69) is 10.6 Å². The maximum atomic E-state index is 12.1. The molecule has 0 aromatic heterocycles. The summed E-state index contributed by atoms with van der Waals surface area (Å²) in [6, 6.07) is 15.4. The molecule has 2 N–H and O–H groups in total. The van der Waals surface area contributed by atoms with Crippen LogP contribution in [0.3, 0.4) is 0 Å². The zero-order chi connectivity index (χ0) is 16.7. The molecule has 1 atom stereocenters. The van der Waals surface area contributed by atoms with Crippen molar-refractivity contribution in [3.63, 3.8) is 0 Å². The predicted molar refractivity (Wildman–Crippen MR) is 91.0 cm³/mol. The van der Waals surface area contributed by atoms with Gasteiger partial charge >= 0.3 is 0 Å². The lowest BCUT2D eigenvalue weighted by Gasteiger charge is -2.14. The third kappa shape index (κ3) is 4.72. The number of hydrogen-bond acceptors (Lipinski definition) is 4. The van der Waals surface area contributed by atoms with Crippen molar-refractivity contribution in [2.45, 2.75) is 13.0 Å². The summed E-state index contributed by atoms with van der Waals surface area (Å²) >= 11 is 0. The van der Waals surface area contributed by atoms with Crippen LogP contribution in [-0.4, -0.2) is 26.7 Å². The first-order valence-electron chi connectivity index (χ1n) is 7.44. The van der Waals surface area contributed by atoms with E-state index in [1.807, 2.05) is 37.3 Å². The molecular formula is C18H22N2O3. The highest BCUT2D eigenvalue weighted by Crippen LogP contribution is 2.29. The average molecular weight is 314 g/mol. The zero-order valence-corrected chi connectivity index (χ0v) is 13.6. The Morgan fingerprint density at radius 1 is 1.04 bits per heavy atom. The molecule has 5 nitrogen and oxygen atoms in total. The molecule has 1 unspecified atom stereocenters. The first-order chi connectivity index (χ1) is 11.1. The minimum atomic E-state index is -0.111. The molecule has 0 bridgehead atoms. The van der Waals surface area contributed by atoms with Gasteiger partial charge in [0.05, 0.1) is 20.8 Å². The third-order valence-corrected chi connectivity index (χ3v) is 3.54. The Hall–Kier alpha value is -2.53. The van der Waals surface area contributed by atoms with Gasteiger partial charge in [-0.05, 0) is 24.6 Å². The fourth-order valence-electron chi connectivity index (χ4n) is 2.22. The molecule has 0 fully saturated rings. The van der Waals surface area contributed by atoms with Gasteiger partial charge in [0.2, 0.25) is 5.91 Å². The Bertz CT molecular complexity index is 644. The normalized spacial score (nSPS) is 11.6. The van der Waals surface area contributed by atoms with Crippen LogP contribution in [0.1, 0.15) is 18.5 Å². The first kappa shape index (κ1) is 16.8. The highest BCUT2D eigenvalue weighted by Gasteiger charge is 2.09. The number of ether oxygens (including phenoxy) is 2. The molecule has 0 saturated heterocycles. The second kappa shape index (κ2) is 8.19. The molecule has 0 aliphatic heterocycles. The molecule has 0 spiro atoms. The molecule has 2 aromatic rings. The number of anilines is 1. The summed E-state index contributed by atoms with van der Waals surface area (Å²) in [4.78, 5) is 12.1. The van der Waals surface area contributed by atoms with Crippen molar-refractivity contribution in [2.24, 2.45) is 0 Å². The van der Waals surface area contributed by atoms with Crippen molar-refractivity contribution < 1.29 is 14.3 Å². The Morgan fingerprint density at radius 3 is 2.39 bits per heavy atom. The number of amides is 1. The lowest BCUT2D eigenvalue weighted by molar-refractivity contribution is -0.115. The molecule has 0 heterocycles. The predicted octanol–water partition coefficient (Wildman–Crippen LogP) is 2.99. The molecule has 122 valence electrons. The van der Waals surface area contributed by atoms with Gasteiger partial charge < -0.3 is 20.1 Å². The quantitative estimate of drug-likeness (QED) is 0.825. The standard InChI is InChI=1S/C18H22N2O3/c1-13(14-7-5-4-6-8-14)19-12-18(21)20-15-9-10-16(22-2)17(11-15)23-3/h4-11,13,19H,12H2,1-3H3,(H,20,21). The van der Waals surface area contributed by atoms with E-state index < -0.39 is 0 Å². The summed E-state index contributed by atoms with van der Waals surface area (Å²) in [6.07, 6.45) is 0. The summed E-state index contributed by atoms with van der Waals surface area (Å²) in [5.41, 5.74) is 1.81. The summed E-state index contributed by atoms with van der Waals surface area (Å²) in [7, 11) is 3.14. The van der Waals surface area contributed by atoms with Gasteiger partial charge in [-0.15, -0.1) is 0 Å². The fourth-order valence-corrected chi connectivity index (χ4v) is 2.22. The largest absolute Gasteiger partial charge is 0.493 e. The van der Waals surface area contributed by atoms with Gasteiger partial charge in [0.1, 0.15) is 0 Å². The van der Waals surface area contributed by atoms with E-state index in [4.69, 9.17) is 9.47 Å². The van der Waals surface area contributed by atoms with Crippen molar-refractivity contribution in [3.05, 3.63) is 54.1 Å². The minimum absolute atomic E-state index is 0.104. The van der Waals surface area contributed by atoms with Crippen LogP contribution in [0, 0.1) is 0 Å². The van der Waals surface area contributed by atoms with Gasteiger partial charge in [-0.2, -0.15) is 0 Å². The Kier molecular flexibility index (Phi) is 6.00. The van der Waals surface area contributed by atoms with E-state index >= 15 is 0 Å². The molecule has 0 saturated carbocycles. The monoisotopic (exact) mass is 314 g/mol. The van der Waals surface area contributed by atoms with E-state index in [0.717, 1.165) is 5.56 Å². The van der Waals surface area contributed by atoms with Crippen LogP contribution < -0.4 is 20.1 Å². The van der Waals surface area contributed by atoms with Crippen molar-refractivity contribution in [1.29, 1.82) is 0 Å². The average Bonchev–Trinajstić information content (AvgIpc) is 2.60. The van der Waals surface area contributed by atoms with E-state index in [1.165, 1.54) is 0 Å². The van der Waals surface area contributed by atoms with Gasteiger partial charge in [0.15, 0.2) is 11.5 Å². The number of hydrogen-bond donors (Lipinski definition) is 2. The maximum absolute atomic E-state index is 12.1. The first-order valence-corrected chi connectivity index (χ1v) is 7.44. The fraction of sp³-hybridized carbons (Fsp3) is 0.278. The molecule has 1 amide bonds. The number of carbonyl (C=O) groups is 1. The Morgan fingerprint density at radius 2 is 1.74 bits per heavy atom. The van der Waals surface area contributed by atoms with E-state index in [1.54, 1.807) is 32.4 Å². The summed E-state index contributed by atoms with van der Waals surface area (Å²) in [5, 5.41) is 6.04. The number of methoxy groups -OCH3 is 2. The summed E-state index contributed by atoms with van der Waals surface area (Å²) < 4.78 is 10.4. The number of rotatable bonds is 7. The molecular weight excluding hydrogens is 292 g/mol. The van der Waals surface area contributed by atoms with Gasteiger partial charge in [0.25, 0.3) is 0 Å². The molecule has 5 heteroatoms. The molecule has 23 heavy (non-hydrogen) atoms. The molecule has 0 aliphatic carbocycles. The lowest BCUT2D eigenvalue weighted by atomic mass is 10.1. The van der Waals surface area contributed by atoms with Crippen LogP contribution in [-0.2, 0) is 4.79 Å². The van der Waals surface area contributed by atoms with Crippen LogP contribution in [0.25, 0.3) is 0 Å². The summed E-state index contributed by atoms with van der Waals surface area (Å²) in [6.45, 7) is 2.25. The molecule has 2 aromatic carbocycles. The number of nitrogens with one attached hydrogen (secondary N) is 2. The van der Waals surface area contributed by atoms with Crippen LogP contribution in [0.5, 0.6) is 11.5 Å². The second-order valence-corrected chi connectivity index (χ2v) is 5.13.